The van der Waals surface area contributed by atoms with Crippen LogP contribution in [0.5, 0.6) is 0 Å². The van der Waals surface area contributed by atoms with Crippen LogP contribution in [0.2, 0.25) is 0 Å². The zero-order chi connectivity index (χ0) is 16.1. The van der Waals surface area contributed by atoms with Gasteiger partial charge in [-0.1, -0.05) is 23.8 Å². The molecule has 0 spiro atoms. The Morgan fingerprint density at radius 1 is 1.35 bits per heavy atom. The van der Waals surface area contributed by atoms with Gasteiger partial charge in [-0.3, -0.25) is 9.48 Å². The van der Waals surface area contributed by atoms with Gasteiger partial charge in [-0.05, 0) is 38.4 Å². The smallest absolute Gasteiger partial charge is 0.241 e. The molecule has 1 amide bonds. The van der Waals surface area contributed by atoms with Crippen LogP contribution in [-0.4, -0.2) is 29.3 Å². The number of aromatic nitrogens is 2. The number of halogens is 1. The number of carbonyl (C=O) groups excluding carboxylic acids is 1. The lowest BCUT2D eigenvalue weighted by molar-refractivity contribution is -0.123. The van der Waals surface area contributed by atoms with Crippen LogP contribution in [0.25, 0.3) is 0 Å². The molecule has 1 aromatic heterocycles. The number of benzene rings is 1. The number of aryl methyl sites for hydroxylation is 3. The van der Waals surface area contributed by atoms with E-state index in [0.29, 0.717) is 6.54 Å². The fourth-order valence-electron chi connectivity index (χ4n) is 2.59. The molecular formula is C17H25ClN4O. The maximum Gasteiger partial charge on any atom is 0.241 e. The molecule has 0 saturated heterocycles. The van der Waals surface area contributed by atoms with Crippen molar-refractivity contribution in [1.29, 1.82) is 0 Å². The Morgan fingerprint density at radius 2 is 2.09 bits per heavy atom. The molecule has 126 valence electrons. The highest BCUT2D eigenvalue weighted by atomic mass is 35.5. The number of amides is 1. The summed E-state index contributed by atoms with van der Waals surface area (Å²) >= 11 is 0. The van der Waals surface area contributed by atoms with E-state index in [0.717, 1.165) is 12.0 Å². The molecular weight excluding hydrogens is 312 g/mol. The third kappa shape index (κ3) is 5.08. The van der Waals surface area contributed by atoms with Gasteiger partial charge in [-0.15, -0.1) is 12.4 Å². The largest absolute Gasteiger partial charge is 0.354 e. The second-order valence-corrected chi connectivity index (χ2v) is 5.64. The van der Waals surface area contributed by atoms with Gasteiger partial charge >= 0.3 is 0 Å². The van der Waals surface area contributed by atoms with Crippen molar-refractivity contribution < 1.29 is 4.79 Å². The molecule has 0 bridgehead atoms. The predicted molar refractivity (Wildman–Crippen MR) is 94.9 cm³/mol. The maximum absolute atomic E-state index is 12.3. The van der Waals surface area contributed by atoms with Gasteiger partial charge in [0.1, 0.15) is 6.04 Å². The number of likely N-dealkylation sites (N-methyl/N-ethyl adjacent to an activating group) is 1. The van der Waals surface area contributed by atoms with Crippen LogP contribution in [0.15, 0.2) is 30.6 Å². The van der Waals surface area contributed by atoms with Gasteiger partial charge in [-0.25, -0.2) is 0 Å². The summed E-state index contributed by atoms with van der Waals surface area (Å²) in [5.41, 5.74) is 4.67. The molecule has 0 fully saturated rings. The number of nitrogens with one attached hydrogen (secondary N) is 2. The van der Waals surface area contributed by atoms with Crippen LogP contribution in [0.1, 0.15) is 28.3 Å². The van der Waals surface area contributed by atoms with Gasteiger partial charge < -0.3 is 10.6 Å². The number of nitrogens with zero attached hydrogens (tertiary/aromatic N) is 2. The van der Waals surface area contributed by atoms with Gasteiger partial charge in [0.25, 0.3) is 0 Å². The average molecular weight is 337 g/mol. The van der Waals surface area contributed by atoms with Crippen molar-refractivity contribution >= 4 is 18.3 Å². The van der Waals surface area contributed by atoms with Crippen LogP contribution < -0.4 is 10.6 Å². The van der Waals surface area contributed by atoms with Gasteiger partial charge in [0, 0.05) is 25.4 Å². The van der Waals surface area contributed by atoms with Gasteiger partial charge in [0.2, 0.25) is 5.91 Å². The molecule has 1 atom stereocenters. The Bertz CT molecular complexity index is 654. The van der Waals surface area contributed by atoms with E-state index < -0.39 is 0 Å². The molecule has 6 heteroatoms. The summed E-state index contributed by atoms with van der Waals surface area (Å²) < 4.78 is 1.70. The molecule has 23 heavy (non-hydrogen) atoms. The molecule has 1 aromatic carbocycles. The minimum atomic E-state index is -0.368. The fourth-order valence-corrected chi connectivity index (χ4v) is 2.59. The Labute approximate surface area is 143 Å². The van der Waals surface area contributed by atoms with Crippen molar-refractivity contribution in [3.05, 3.63) is 52.8 Å². The van der Waals surface area contributed by atoms with Crippen LogP contribution in [0, 0.1) is 13.8 Å². The van der Waals surface area contributed by atoms with E-state index in [9.17, 15) is 4.79 Å². The predicted octanol–water partition coefficient (Wildman–Crippen LogP) is 2.08. The first-order valence-electron chi connectivity index (χ1n) is 7.51. The summed E-state index contributed by atoms with van der Waals surface area (Å²) in [6, 6.07) is 6.04. The quantitative estimate of drug-likeness (QED) is 0.849. The Balaban J connectivity index is 0.00000264. The molecule has 0 radical (unpaired) electrons. The average Bonchev–Trinajstić information content (AvgIpc) is 2.88. The number of carbonyl (C=O) groups is 1. The van der Waals surface area contributed by atoms with Gasteiger partial charge in [-0.2, -0.15) is 5.10 Å². The third-order valence-corrected chi connectivity index (χ3v) is 3.80. The van der Waals surface area contributed by atoms with Gasteiger partial charge in [0.05, 0.1) is 6.20 Å². The molecule has 2 rings (SSSR count). The first kappa shape index (κ1) is 19.2. The number of rotatable bonds is 6. The topological polar surface area (TPSA) is 59.0 Å². The lowest BCUT2D eigenvalue weighted by Gasteiger charge is -2.15. The van der Waals surface area contributed by atoms with Crippen LogP contribution in [0.3, 0.4) is 0 Å². The van der Waals surface area contributed by atoms with Crippen molar-refractivity contribution in [2.75, 3.05) is 13.6 Å². The Kier molecular flexibility index (Phi) is 7.26. The summed E-state index contributed by atoms with van der Waals surface area (Å²) in [6.07, 6.45) is 4.40. The van der Waals surface area contributed by atoms with Crippen molar-refractivity contribution in [2.45, 2.75) is 26.3 Å². The first-order valence-corrected chi connectivity index (χ1v) is 7.51. The van der Waals surface area contributed by atoms with Crippen molar-refractivity contribution in [1.82, 2.24) is 20.4 Å². The number of hydrogen-bond donors (Lipinski definition) is 2. The zero-order valence-electron chi connectivity index (χ0n) is 14.1. The van der Waals surface area contributed by atoms with E-state index in [1.54, 1.807) is 17.9 Å². The van der Waals surface area contributed by atoms with E-state index >= 15 is 0 Å². The van der Waals surface area contributed by atoms with Gasteiger partial charge in [0.15, 0.2) is 0 Å². The fraction of sp³-hybridized carbons (Fsp3) is 0.412. The summed E-state index contributed by atoms with van der Waals surface area (Å²) in [5.74, 6) is -0.0275. The van der Waals surface area contributed by atoms with E-state index in [2.05, 4.69) is 47.8 Å². The standard InChI is InChI=1S/C17H24N4O.ClH/c1-12-5-6-14(13(2)9-12)7-8-19-17(22)16(18-3)15-10-20-21(4)11-15;/h5-6,9-11,16,18H,7-8H2,1-4H3,(H,19,22);1H. The molecule has 0 saturated carbocycles. The normalized spacial score (nSPS) is 11.7. The van der Waals surface area contributed by atoms with Crippen molar-refractivity contribution in [3.63, 3.8) is 0 Å². The molecule has 5 nitrogen and oxygen atoms in total. The second-order valence-electron chi connectivity index (χ2n) is 5.64. The van der Waals surface area contributed by atoms with Crippen LogP contribution >= 0.6 is 12.4 Å². The maximum atomic E-state index is 12.3. The van der Waals surface area contributed by atoms with E-state index in [1.807, 2.05) is 13.2 Å². The summed E-state index contributed by atoms with van der Waals surface area (Å²) in [7, 11) is 3.62. The highest BCUT2D eigenvalue weighted by Gasteiger charge is 2.19. The number of hydrogen-bond acceptors (Lipinski definition) is 3. The van der Waals surface area contributed by atoms with Crippen molar-refractivity contribution in [3.8, 4) is 0 Å². The van der Waals surface area contributed by atoms with Crippen molar-refractivity contribution in [2.24, 2.45) is 7.05 Å². The summed E-state index contributed by atoms with van der Waals surface area (Å²) in [4.78, 5) is 12.3. The molecule has 0 aliphatic carbocycles. The SMILES string of the molecule is CNC(C(=O)NCCc1ccc(C)cc1C)c1cnn(C)c1.Cl. The van der Waals surface area contributed by atoms with E-state index in [-0.39, 0.29) is 24.4 Å². The minimum absolute atomic E-state index is 0. The highest BCUT2D eigenvalue weighted by Crippen LogP contribution is 2.12. The summed E-state index contributed by atoms with van der Waals surface area (Å²) in [5, 5.41) is 10.1. The van der Waals surface area contributed by atoms with E-state index in [4.69, 9.17) is 0 Å². The molecule has 0 aliphatic rings. The monoisotopic (exact) mass is 336 g/mol. The zero-order valence-corrected chi connectivity index (χ0v) is 14.9. The highest BCUT2D eigenvalue weighted by molar-refractivity contribution is 5.85. The van der Waals surface area contributed by atoms with Crippen LogP contribution in [0.4, 0.5) is 0 Å². The first-order chi connectivity index (χ1) is 10.5. The minimum Gasteiger partial charge on any atom is -0.354 e. The third-order valence-electron chi connectivity index (χ3n) is 3.80. The molecule has 2 N–H and O–H groups in total. The lowest BCUT2D eigenvalue weighted by atomic mass is 10.0. The molecule has 2 aromatic rings. The molecule has 0 aliphatic heterocycles. The van der Waals surface area contributed by atoms with E-state index in [1.165, 1.54) is 16.7 Å². The second kappa shape index (κ2) is 8.70. The lowest BCUT2D eigenvalue weighted by Crippen LogP contribution is -2.36. The van der Waals surface area contributed by atoms with Crippen LogP contribution in [-0.2, 0) is 18.3 Å². The summed E-state index contributed by atoms with van der Waals surface area (Å²) in [6.45, 7) is 4.82. The Morgan fingerprint density at radius 3 is 2.65 bits per heavy atom. The Hall–Kier alpha value is -1.85. The molecule has 1 unspecified atom stereocenters. The molecule has 1 heterocycles.